The Labute approximate surface area is 352 Å². The number of rotatable bonds is 17. The van der Waals surface area contributed by atoms with Gasteiger partial charge in [-0.2, -0.15) is 0 Å². The zero-order valence-electron chi connectivity index (χ0n) is 33.6. The maximum atomic E-state index is 13.2. The summed E-state index contributed by atoms with van der Waals surface area (Å²) in [5.74, 6) is -0.262. The molecule has 0 aromatic heterocycles. The predicted molar refractivity (Wildman–Crippen MR) is 236 cm³/mol. The van der Waals surface area contributed by atoms with Gasteiger partial charge in [0.2, 0.25) is 0 Å². The van der Waals surface area contributed by atoms with E-state index in [4.69, 9.17) is 9.47 Å². The minimum atomic E-state index is -0.581. The smallest absolute Gasteiger partial charge is 0.411 e. The Morgan fingerprint density at radius 3 is 1.28 bits per heavy atom. The lowest BCUT2D eigenvalue weighted by Gasteiger charge is -2.11. The second-order valence-electron chi connectivity index (χ2n) is 13.4. The van der Waals surface area contributed by atoms with Gasteiger partial charge in [0.1, 0.15) is 0 Å². The van der Waals surface area contributed by atoms with Gasteiger partial charge in [0.15, 0.2) is 5.78 Å². The van der Waals surface area contributed by atoms with Crippen molar-refractivity contribution < 1.29 is 38.2 Å². The highest BCUT2D eigenvalue weighted by Crippen LogP contribution is 2.20. The van der Waals surface area contributed by atoms with E-state index in [-0.39, 0.29) is 25.0 Å². The number of anilines is 7. The number of benzene rings is 5. The number of urea groups is 4. The lowest BCUT2D eigenvalue weighted by molar-refractivity contribution is 0.103. The van der Waals surface area contributed by atoms with Gasteiger partial charge < -0.3 is 52.0 Å². The summed E-state index contributed by atoms with van der Waals surface area (Å²) in [4.78, 5) is 75.1. The summed E-state index contributed by atoms with van der Waals surface area (Å²) in [5.41, 5.74) is 5.11. The quantitative estimate of drug-likeness (QED) is 0.0325. The maximum absolute atomic E-state index is 13.2. The molecular weight excluding hydrogens is 783 g/mol. The highest BCUT2D eigenvalue weighted by atomic mass is 16.5. The first kappa shape index (κ1) is 44.2. The van der Waals surface area contributed by atoms with Crippen LogP contribution in [0.3, 0.4) is 0 Å². The summed E-state index contributed by atoms with van der Waals surface area (Å²) >= 11 is 0. The van der Waals surface area contributed by atoms with Crippen LogP contribution in [0.25, 0.3) is 0 Å². The van der Waals surface area contributed by atoms with Crippen LogP contribution in [-0.2, 0) is 9.47 Å². The van der Waals surface area contributed by atoms with E-state index in [9.17, 15) is 28.8 Å². The molecule has 5 rings (SSSR count). The Morgan fingerprint density at radius 1 is 0.443 bits per heavy atom. The second-order valence-corrected chi connectivity index (χ2v) is 13.4. The molecule has 9 amide bonds. The molecule has 0 aliphatic rings. The van der Waals surface area contributed by atoms with Gasteiger partial charge in [0.25, 0.3) is 0 Å². The van der Waals surface area contributed by atoms with Gasteiger partial charge in [-0.05, 0) is 122 Å². The molecule has 0 aliphatic heterocycles. The van der Waals surface area contributed by atoms with Gasteiger partial charge in [0.05, 0.1) is 6.61 Å². The zero-order chi connectivity index (χ0) is 43.4. The number of ether oxygens (including phenoxy) is 2. The maximum Gasteiger partial charge on any atom is 0.411 e. The Hall–Kier alpha value is -7.92. The lowest BCUT2D eigenvalue weighted by atomic mass is 10.0. The van der Waals surface area contributed by atoms with E-state index in [1.807, 2.05) is 25.1 Å². The Morgan fingerprint density at radius 2 is 0.836 bits per heavy atom. The number of aryl methyl sites for hydroxylation is 1. The summed E-state index contributed by atoms with van der Waals surface area (Å²) in [7, 11) is 1.59. The van der Waals surface area contributed by atoms with E-state index < -0.39 is 24.2 Å². The molecule has 0 unspecified atom stereocenters. The minimum Gasteiger partial charge on any atom is -0.449 e. The summed E-state index contributed by atoms with van der Waals surface area (Å²) in [6.07, 6.45) is 0.497. The fourth-order valence-electron chi connectivity index (χ4n) is 5.60. The topological polar surface area (TPSA) is 229 Å². The molecule has 0 spiro atoms. The van der Waals surface area contributed by atoms with Crippen molar-refractivity contribution in [2.24, 2.45) is 0 Å². The van der Waals surface area contributed by atoms with Crippen LogP contribution in [0.2, 0.25) is 0 Å². The van der Waals surface area contributed by atoms with E-state index in [1.54, 1.807) is 110 Å². The molecule has 0 saturated carbocycles. The molecule has 316 valence electrons. The standard InChI is InChI=1S/C44H47N9O8/c1-29-8-3-9-34(26-29)53-44(59)61-25-7-23-46-41(56)50-36-11-5-13-38(28-36)52-43(58)48-33-20-16-31(17-21-33)39(54)30-14-18-32(19-15-30)47-42(57)51-37-12-4-10-35(27-37)49-40(55)45-22-6-24-60-2/h3-5,8-21,26-28H,6-7,22-25H2,1-2H3,(H,53,59)(H2,45,49,55)(H2,46,50,56)(H2,47,51,57)(H2,48,52,58). The molecule has 5 aromatic rings. The number of nitrogens with one attached hydrogen (secondary N) is 9. The number of hydrogen-bond donors (Lipinski definition) is 9. The van der Waals surface area contributed by atoms with E-state index in [2.05, 4.69) is 47.9 Å². The Bertz CT molecular complexity index is 2300. The number of carbonyl (C=O) groups excluding carboxylic acids is 6. The van der Waals surface area contributed by atoms with Crippen molar-refractivity contribution in [1.82, 2.24) is 10.6 Å². The first-order chi connectivity index (χ1) is 29.5. The van der Waals surface area contributed by atoms with Gasteiger partial charge >= 0.3 is 30.2 Å². The first-order valence-electron chi connectivity index (χ1n) is 19.2. The zero-order valence-corrected chi connectivity index (χ0v) is 33.6. The van der Waals surface area contributed by atoms with E-state index in [0.717, 1.165) is 5.56 Å². The molecule has 0 saturated heterocycles. The van der Waals surface area contributed by atoms with Gasteiger partial charge in [-0.3, -0.25) is 10.1 Å². The summed E-state index contributed by atoms with van der Waals surface area (Å²) in [6.45, 7) is 3.28. The normalized spacial score (nSPS) is 10.3. The molecule has 0 heterocycles. The van der Waals surface area contributed by atoms with Gasteiger partial charge in [-0.25, -0.2) is 24.0 Å². The molecule has 9 N–H and O–H groups in total. The average molecular weight is 830 g/mol. The van der Waals surface area contributed by atoms with Crippen LogP contribution < -0.4 is 47.9 Å². The van der Waals surface area contributed by atoms with Crippen molar-refractivity contribution in [2.75, 3.05) is 70.6 Å². The number of methoxy groups -OCH3 is 1. The monoisotopic (exact) mass is 829 g/mol. The number of ketones is 1. The van der Waals surface area contributed by atoms with Crippen LogP contribution in [0.15, 0.2) is 121 Å². The molecule has 17 heteroatoms. The van der Waals surface area contributed by atoms with Crippen LogP contribution in [0.1, 0.15) is 34.3 Å². The van der Waals surface area contributed by atoms with Gasteiger partial charge in [-0.15, -0.1) is 0 Å². The third-order valence-electron chi connectivity index (χ3n) is 8.48. The van der Waals surface area contributed by atoms with Crippen LogP contribution in [-0.4, -0.2) is 69.4 Å². The van der Waals surface area contributed by atoms with Gasteiger partial charge in [-0.1, -0.05) is 24.3 Å². The largest absolute Gasteiger partial charge is 0.449 e. The third-order valence-corrected chi connectivity index (χ3v) is 8.48. The van der Waals surface area contributed by atoms with Crippen molar-refractivity contribution in [2.45, 2.75) is 19.8 Å². The van der Waals surface area contributed by atoms with Crippen LogP contribution in [0.4, 0.5) is 63.8 Å². The SMILES string of the molecule is COCCCNC(=O)Nc1cccc(NC(=O)Nc2ccc(C(=O)c3ccc(NC(=O)Nc4cccc(NC(=O)NCCCOC(=O)Nc5cccc(C)c5)c4)cc3)cc2)c1. The van der Waals surface area contributed by atoms with Crippen molar-refractivity contribution in [3.8, 4) is 0 Å². The minimum absolute atomic E-state index is 0.110. The summed E-state index contributed by atoms with van der Waals surface area (Å²) in [5, 5.41) is 24.3. The van der Waals surface area contributed by atoms with Crippen molar-refractivity contribution in [3.05, 3.63) is 138 Å². The molecule has 0 aliphatic carbocycles. The van der Waals surface area contributed by atoms with Crippen molar-refractivity contribution in [1.29, 1.82) is 0 Å². The molecule has 61 heavy (non-hydrogen) atoms. The van der Waals surface area contributed by atoms with E-state index in [0.29, 0.717) is 76.9 Å². The highest BCUT2D eigenvalue weighted by Gasteiger charge is 2.12. The summed E-state index contributed by atoms with van der Waals surface area (Å²) in [6, 6.07) is 31.4. The molecule has 5 aromatic carbocycles. The Kier molecular flexibility index (Phi) is 16.6. The van der Waals surface area contributed by atoms with E-state index in [1.165, 1.54) is 0 Å². The molecule has 0 radical (unpaired) electrons. The molecule has 0 atom stereocenters. The number of hydrogen-bond acceptors (Lipinski definition) is 8. The van der Waals surface area contributed by atoms with Crippen LogP contribution in [0.5, 0.6) is 0 Å². The second kappa shape index (κ2) is 22.9. The fraction of sp³-hybridized carbons (Fsp3) is 0.182. The molecule has 17 nitrogen and oxygen atoms in total. The van der Waals surface area contributed by atoms with Crippen LogP contribution in [0, 0.1) is 6.92 Å². The highest BCUT2D eigenvalue weighted by molar-refractivity contribution is 6.10. The third kappa shape index (κ3) is 15.4. The average Bonchev–Trinajstić information content (AvgIpc) is 3.23. The summed E-state index contributed by atoms with van der Waals surface area (Å²) < 4.78 is 10.1. The van der Waals surface area contributed by atoms with Gasteiger partial charge in [0, 0.05) is 77.7 Å². The molecular formula is C44H47N9O8. The number of amides is 9. The van der Waals surface area contributed by atoms with E-state index >= 15 is 0 Å². The van der Waals surface area contributed by atoms with Crippen molar-refractivity contribution >= 4 is 75.8 Å². The number of carbonyl (C=O) groups is 6. The van der Waals surface area contributed by atoms with Crippen LogP contribution >= 0.6 is 0 Å². The molecule has 0 fully saturated rings. The Balaban J connectivity index is 1.01. The fourth-order valence-corrected chi connectivity index (χ4v) is 5.60. The predicted octanol–water partition coefficient (Wildman–Crippen LogP) is 8.43. The lowest BCUT2D eigenvalue weighted by Crippen LogP contribution is -2.30. The van der Waals surface area contributed by atoms with Crippen molar-refractivity contribution in [3.63, 3.8) is 0 Å². The first-order valence-corrected chi connectivity index (χ1v) is 19.2. The molecule has 0 bridgehead atoms.